The van der Waals surface area contributed by atoms with Crippen molar-refractivity contribution < 1.29 is 4.74 Å². The van der Waals surface area contributed by atoms with Crippen LogP contribution in [0.2, 0.25) is 0 Å². The summed E-state index contributed by atoms with van der Waals surface area (Å²) in [6, 6.07) is 9.31. The van der Waals surface area contributed by atoms with Gasteiger partial charge in [0.1, 0.15) is 5.75 Å². The third-order valence-corrected chi connectivity index (χ3v) is 4.06. The van der Waals surface area contributed by atoms with Crippen molar-refractivity contribution in [2.24, 2.45) is 5.41 Å². The van der Waals surface area contributed by atoms with Crippen LogP contribution >= 0.6 is 0 Å². The quantitative estimate of drug-likeness (QED) is 0.785. The van der Waals surface area contributed by atoms with E-state index in [9.17, 15) is 0 Å². The summed E-state index contributed by atoms with van der Waals surface area (Å²) in [5, 5.41) is 0. The Morgan fingerprint density at radius 2 is 1.70 bits per heavy atom. The maximum Gasteiger partial charge on any atom is 0.118 e. The van der Waals surface area contributed by atoms with E-state index >= 15 is 0 Å². The Kier molecular flexibility index (Phi) is 5.09. The minimum atomic E-state index is 0.356. The first-order valence-electron chi connectivity index (χ1n) is 7.85. The van der Waals surface area contributed by atoms with Gasteiger partial charge in [-0.2, -0.15) is 0 Å². The molecule has 2 rings (SSSR count). The smallest absolute Gasteiger partial charge is 0.118 e. The van der Waals surface area contributed by atoms with Crippen molar-refractivity contribution in [2.45, 2.75) is 59.0 Å². The predicted molar refractivity (Wildman–Crippen MR) is 85.1 cm³/mol. The molecule has 1 aliphatic carbocycles. The average Bonchev–Trinajstić information content (AvgIpc) is 2.91. The van der Waals surface area contributed by atoms with E-state index in [4.69, 9.17) is 4.74 Å². The van der Waals surface area contributed by atoms with Gasteiger partial charge in [-0.15, -0.1) is 0 Å². The summed E-state index contributed by atoms with van der Waals surface area (Å²) >= 11 is 0. The molecule has 1 fully saturated rings. The van der Waals surface area contributed by atoms with Crippen molar-refractivity contribution in [3.8, 4) is 5.75 Å². The summed E-state index contributed by atoms with van der Waals surface area (Å²) < 4.78 is 5.24. The van der Waals surface area contributed by atoms with Gasteiger partial charge >= 0.3 is 0 Å². The molecule has 20 heavy (non-hydrogen) atoms. The Morgan fingerprint density at radius 1 is 1.10 bits per heavy atom. The number of methoxy groups -OCH3 is 1. The Labute approximate surface area is 124 Å². The van der Waals surface area contributed by atoms with E-state index in [1.54, 1.807) is 7.11 Å². The normalized spacial score (nSPS) is 16.9. The monoisotopic (exact) mass is 275 g/mol. The summed E-state index contributed by atoms with van der Waals surface area (Å²) in [6.07, 6.45) is 5.53. The minimum Gasteiger partial charge on any atom is -0.497 e. The van der Waals surface area contributed by atoms with Crippen LogP contribution < -0.4 is 4.74 Å². The van der Waals surface area contributed by atoms with Crippen LogP contribution in [0, 0.1) is 5.41 Å². The van der Waals surface area contributed by atoms with Gasteiger partial charge in [-0.25, -0.2) is 0 Å². The highest BCUT2D eigenvalue weighted by molar-refractivity contribution is 5.27. The lowest BCUT2D eigenvalue weighted by molar-refractivity contribution is 0.131. The van der Waals surface area contributed by atoms with Crippen molar-refractivity contribution in [3.63, 3.8) is 0 Å². The van der Waals surface area contributed by atoms with E-state index in [0.717, 1.165) is 18.3 Å². The maximum absolute atomic E-state index is 5.24. The molecule has 0 aromatic heterocycles. The van der Waals surface area contributed by atoms with Crippen molar-refractivity contribution >= 4 is 0 Å². The summed E-state index contributed by atoms with van der Waals surface area (Å²) in [5.41, 5.74) is 1.75. The van der Waals surface area contributed by atoms with Gasteiger partial charge in [-0.05, 0) is 36.0 Å². The van der Waals surface area contributed by atoms with Crippen LogP contribution in [-0.4, -0.2) is 24.6 Å². The molecule has 0 bridgehead atoms. The molecule has 2 nitrogen and oxygen atoms in total. The van der Waals surface area contributed by atoms with Crippen LogP contribution in [0.1, 0.15) is 52.0 Å². The summed E-state index contributed by atoms with van der Waals surface area (Å²) in [6.45, 7) is 9.24. The second kappa shape index (κ2) is 6.62. The number of benzene rings is 1. The van der Waals surface area contributed by atoms with Crippen LogP contribution in [-0.2, 0) is 6.54 Å². The second-order valence-corrected chi connectivity index (χ2v) is 7.25. The molecule has 0 amide bonds. The van der Waals surface area contributed by atoms with E-state index in [1.807, 2.05) is 0 Å². The van der Waals surface area contributed by atoms with E-state index in [-0.39, 0.29) is 0 Å². The van der Waals surface area contributed by atoms with E-state index < -0.39 is 0 Å². The molecular formula is C18H29NO. The van der Waals surface area contributed by atoms with Crippen LogP contribution in [0.25, 0.3) is 0 Å². The second-order valence-electron chi connectivity index (χ2n) is 7.25. The molecule has 0 spiro atoms. The number of rotatable bonds is 5. The maximum atomic E-state index is 5.24. The van der Waals surface area contributed by atoms with Gasteiger partial charge < -0.3 is 4.74 Å². The largest absolute Gasteiger partial charge is 0.497 e. The number of hydrogen-bond donors (Lipinski definition) is 0. The zero-order valence-electron chi connectivity index (χ0n) is 13.5. The van der Waals surface area contributed by atoms with Gasteiger partial charge in [0, 0.05) is 19.1 Å². The van der Waals surface area contributed by atoms with Crippen molar-refractivity contribution in [3.05, 3.63) is 29.8 Å². The summed E-state index contributed by atoms with van der Waals surface area (Å²) in [5.74, 6) is 0.942. The summed E-state index contributed by atoms with van der Waals surface area (Å²) in [7, 11) is 1.72. The Bertz CT molecular complexity index is 398. The number of ether oxygens (including phenoxy) is 1. The topological polar surface area (TPSA) is 12.5 Å². The van der Waals surface area contributed by atoms with Gasteiger partial charge in [0.25, 0.3) is 0 Å². The molecule has 2 heteroatoms. The molecule has 1 aromatic carbocycles. The number of nitrogens with zero attached hydrogens (tertiary/aromatic N) is 1. The third kappa shape index (κ3) is 4.52. The molecular weight excluding hydrogens is 246 g/mol. The zero-order chi connectivity index (χ0) is 14.6. The molecule has 0 radical (unpaired) electrons. The van der Waals surface area contributed by atoms with E-state index in [2.05, 4.69) is 49.9 Å². The van der Waals surface area contributed by atoms with Gasteiger partial charge in [-0.3, -0.25) is 4.90 Å². The molecule has 112 valence electrons. The first-order chi connectivity index (χ1) is 9.48. The Hall–Kier alpha value is -1.02. The first kappa shape index (κ1) is 15.4. The molecule has 0 saturated heterocycles. The Morgan fingerprint density at radius 3 is 2.20 bits per heavy atom. The lowest BCUT2D eigenvalue weighted by Gasteiger charge is -2.34. The van der Waals surface area contributed by atoms with Crippen molar-refractivity contribution in [2.75, 3.05) is 13.7 Å². The van der Waals surface area contributed by atoms with Gasteiger partial charge in [0.15, 0.2) is 0 Å². The first-order valence-corrected chi connectivity index (χ1v) is 7.85. The fraction of sp³-hybridized carbons (Fsp3) is 0.667. The third-order valence-electron chi connectivity index (χ3n) is 4.06. The molecule has 0 unspecified atom stereocenters. The predicted octanol–water partition coefficient (Wildman–Crippen LogP) is 4.49. The lowest BCUT2D eigenvalue weighted by atomic mass is 9.94. The van der Waals surface area contributed by atoms with Crippen molar-refractivity contribution in [1.82, 2.24) is 4.90 Å². The minimum absolute atomic E-state index is 0.356. The zero-order valence-corrected chi connectivity index (χ0v) is 13.5. The summed E-state index contributed by atoms with van der Waals surface area (Å²) in [4.78, 5) is 2.69. The molecule has 1 saturated carbocycles. The van der Waals surface area contributed by atoms with Crippen LogP contribution in [0.3, 0.4) is 0 Å². The van der Waals surface area contributed by atoms with E-state index in [0.29, 0.717) is 5.41 Å². The number of hydrogen-bond acceptors (Lipinski definition) is 2. The molecule has 0 heterocycles. The van der Waals surface area contributed by atoms with Crippen LogP contribution in [0.5, 0.6) is 5.75 Å². The van der Waals surface area contributed by atoms with Crippen LogP contribution in [0.15, 0.2) is 24.3 Å². The highest BCUT2D eigenvalue weighted by Gasteiger charge is 2.26. The van der Waals surface area contributed by atoms with Crippen LogP contribution in [0.4, 0.5) is 0 Å². The fourth-order valence-electron chi connectivity index (χ4n) is 3.16. The van der Waals surface area contributed by atoms with Gasteiger partial charge in [-0.1, -0.05) is 45.7 Å². The van der Waals surface area contributed by atoms with Gasteiger partial charge in [0.05, 0.1) is 7.11 Å². The standard InChI is InChI=1S/C18H29NO/c1-18(2,3)14-19(16-7-5-6-8-16)13-15-9-11-17(20-4)12-10-15/h9-12,16H,5-8,13-14H2,1-4H3. The fourth-order valence-corrected chi connectivity index (χ4v) is 3.16. The molecule has 1 aliphatic rings. The Balaban J connectivity index is 2.05. The molecule has 0 aliphatic heterocycles. The molecule has 1 aromatic rings. The SMILES string of the molecule is COc1ccc(CN(CC(C)(C)C)C2CCCC2)cc1. The molecule has 0 atom stereocenters. The molecule has 0 N–H and O–H groups in total. The van der Waals surface area contributed by atoms with E-state index in [1.165, 1.54) is 37.8 Å². The highest BCUT2D eigenvalue weighted by Crippen LogP contribution is 2.28. The van der Waals surface area contributed by atoms with Gasteiger partial charge in [0.2, 0.25) is 0 Å². The average molecular weight is 275 g/mol. The lowest BCUT2D eigenvalue weighted by Crippen LogP contribution is -2.38. The highest BCUT2D eigenvalue weighted by atomic mass is 16.5. The van der Waals surface area contributed by atoms with Crippen molar-refractivity contribution in [1.29, 1.82) is 0 Å².